The number of hydrogen-bond acceptors (Lipinski definition) is 21. The van der Waals surface area contributed by atoms with E-state index in [9.17, 15) is 52.7 Å². The van der Waals surface area contributed by atoms with E-state index in [0.29, 0.717) is 103 Å². The number of amides is 5. The van der Waals surface area contributed by atoms with Gasteiger partial charge in [-0.2, -0.15) is 0 Å². The number of carboxylic acids is 1. The third-order valence-electron chi connectivity index (χ3n) is 24.6. The number of carbonyl (C=O) groups is 11. The summed E-state index contributed by atoms with van der Waals surface area (Å²) < 4.78 is 29.0. The molecule has 1 aliphatic heterocycles. The van der Waals surface area contributed by atoms with E-state index in [4.69, 9.17) is 30.8 Å². The second kappa shape index (κ2) is 61.6. The molecule has 1 heterocycles. The molecule has 8 aromatic rings. The van der Waals surface area contributed by atoms with Crippen molar-refractivity contribution in [2.75, 3.05) is 35.0 Å². The summed E-state index contributed by atoms with van der Waals surface area (Å²) in [6.45, 7) is 38.3. The smallest absolute Gasteiger partial charge is 0.408 e. The second-order valence-corrected chi connectivity index (χ2v) is 40.3. The Morgan fingerprint density at radius 2 is 0.768 bits per heavy atom. The van der Waals surface area contributed by atoms with Crippen molar-refractivity contribution in [3.05, 3.63) is 285 Å². The Balaban J connectivity index is 0.000000361. The molecule has 1 spiro atoms. The van der Waals surface area contributed by atoms with Crippen LogP contribution in [0.4, 0.5) is 9.59 Å². The molecule has 8 aromatic carbocycles. The highest BCUT2D eigenvalue weighted by Crippen LogP contribution is 2.46. The fourth-order valence-corrected chi connectivity index (χ4v) is 16.5. The predicted octanol–water partition coefficient (Wildman–Crippen LogP) is 19.9. The molecule has 3 fully saturated rings. The number of carbonyl (C=O) groups excluding carboxylic acids is 10. The number of ketones is 1. The maximum Gasteiger partial charge on any atom is 0.408 e. The fourth-order valence-electron chi connectivity index (χ4n) is 16.5. The van der Waals surface area contributed by atoms with Gasteiger partial charge >= 0.3 is 42.0 Å². The molecule has 142 heavy (non-hydrogen) atoms. The van der Waals surface area contributed by atoms with Gasteiger partial charge in [-0.3, -0.25) is 29.4 Å². The third kappa shape index (κ3) is 45.4. The average molecular weight is 1980 g/mol. The summed E-state index contributed by atoms with van der Waals surface area (Å²) in [5, 5.41) is 23.7. The summed E-state index contributed by atoms with van der Waals surface area (Å²) in [6, 6.07) is 66.7. The number of aryl methyl sites for hydroxylation is 4. The summed E-state index contributed by atoms with van der Waals surface area (Å²) in [5.41, 5.74) is 20.7. The number of nitrogens with one attached hydrogen (secondary N) is 5. The number of aliphatic carboxylic acids is 1. The number of rotatable bonds is 31. The number of methoxy groups -OCH3 is 4. The Labute approximate surface area is 849 Å². The van der Waals surface area contributed by atoms with Crippen LogP contribution >= 0.6 is 12.4 Å². The number of ether oxygens (including phenoxy) is 6. The molecule has 10 N–H and O–H groups in total. The monoisotopic (exact) mass is 1980 g/mol. The van der Waals surface area contributed by atoms with Gasteiger partial charge in [-0.05, 0) is 281 Å². The van der Waals surface area contributed by atoms with E-state index in [-0.39, 0.29) is 71.7 Å². The quantitative estimate of drug-likeness (QED) is 0.0148. The minimum atomic E-state index is -1.06. The van der Waals surface area contributed by atoms with Crippen LogP contribution in [0, 0.1) is 22.7 Å². The maximum atomic E-state index is 13.7. The van der Waals surface area contributed by atoms with Crippen LogP contribution < -0.4 is 38.1 Å². The van der Waals surface area contributed by atoms with Gasteiger partial charge in [-0.15, -0.1) is 12.4 Å². The highest BCUT2D eigenvalue weighted by molar-refractivity contribution is 5.92. The van der Waals surface area contributed by atoms with Crippen molar-refractivity contribution in [3.63, 3.8) is 0 Å². The summed E-state index contributed by atoms with van der Waals surface area (Å²) >= 11 is 0. The van der Waals surface area contributed by atoms with Crippen molar-refractivity contribution < 1.29 is 86.3 Å². The van der Waals surface area contributed by atoms with Crippen LogP contribution in [-0.4, -0.2) is 169 Å². The third-order valence-corrected chi connectivity index (χ3v) is 24.6. The second-order valence-electron chi connectivity index (χ2n) is 40.3. The van der Waals surface area contributed by atoms with Crippen LogP contribution in [0.1, 0.15) is 281 Å². The lowest BCUT2D eigenvalue weighted by atomic mass is 9.69. The van der Waals surface area contributed by atoms with Crippen LogP contribution in [0.2, 0.25) is 0 Å². The lowest BCUT2D eigenvalue weighted by Gasteiger charge is -2.46. The molecule has 0 bridgehead atoms. The number of benzene rings is 8. The normalized spacial score (nSPS) is 15.6. The van der Waals surface area contributed by atoms with Crippen molar-refractivity contribution in [2.45, 2.75) is 300 Å². The average Bonchev–Trinajstić information content (AvgIpc) is 1.60. The molecule has 0 aromatic heterocycles. The Morgan fingerprint density at radius 1 is 0.444 bits per heavy atom. The number of nitrogens with two attached hydrogens (primary N) is 2. The first-order valence-electron chi connectivity index (χ1n) is 49.1. The van der Waals surface area contributed by atoms with Gasteiger partial charge in [0, 0.05) is 51.1 Å². The van der Waals surface area contributed by atoms with Gasteiger partial charge in [0.05, 0.1) is 68.4 Å². The topological polar surface area (TPSA) is 382 Å². The largest absolute Gasteiger partial charge is 0.480 e. The minimum Gasteiger partial charge on any atom is -0.480 e. The Morgan fingerprint density at radius 3 is 1.09 bits per heavy atom. The minimum absolute atomic E-state index is 0. The number of carboxylic acid groups (broad SMARTS) is 1. The molecule has 28 heteroatoms. The number of esters is 4. The highest BCUT2D eigenvalue weighted by atomic mass is 35.5. The molecule has 3 aliphatic rings. The molecular weight excluding hydrogens is 1820 g/mol. The molecule has 11 rings (SSSR count). The molecule has 0 unspecified atom stereocenters. The lowest BCUT2D eigenvalue weighted by Crippen LogP contribution is -2.55. The zero-order valence-corrected chi connectivity index (χ0v) is 88.4. The Kier molecular flexibility index (Phi) is 53.0. The molecule has 4 atom stereocenters. The maximum absolute atomic E-state index is 13.7. The van der Waals surface area contributed by atoms with Crippen molar-refractivity contribution in [1.82, 2.24) is 36.4 Å². The van der Waals surface area contributed by atoms with E-state index in [1.54, 1.807) is 114 Å². The summed E-state index contributed by atoms with van der Waals surface area (Å²) in [4.78, 5) is 135. The van der Waals surface area contributed by atoms with E-state index in [1.165, 1.54) is 39.6 Å². The fraction of sp³-hybridized carbons (Fsp3) is 0.482. The van der Waals surface area contributed by atoms with Gasteiger partial charge in [0.25, 0.3) is 0 Å². The van der Waals surface area contributed by atoms with Crippen molar-refractivity contribution in [1.29, 1.82) is 0 Å². The molecule has 1 saturated heterocycles. The predicted molar refractivity (Wildman–Crippen MR) is 562 cm³/mol. The number of halogens is 1. The first-order valence-corrected chi connectivity index (χ1v) is 49.1. The number of nitrogens with zero attached hydrogens (tertiary/aromatic N) is 2. The van der Waals surface area contributed by atoms with Crippen LogP contribution in [-0.2, 0) is 104 Å². The van der Waals surface area contributed by atoms with Crippen LogP contribution in [0.3, 0.4) is 0 Å². The molecule has 776 valence electrons. The first-order chi connectivity index (χ1) is 66.6. The molecule has 0 radical (unpaired) electrons. The Bertz CT molecular complexity index is 5100. The molecular formula is C114H160ClN9O18. The van der Waals surface area contributed by atoms with E-state index in [2.05, 4.69) is 151 Å². The number of Topliss-reactive ketones (excluding diaryl/α,β-unsaturated/α-hetero) is 1. The Hall–Kier alpha value is -12.1. The number of hydrogen-bond donors (Lipinski definition) is 8. The van der Waals surface area contributed by atoms with Gasteiger partial charge < -0.3 is 71.2 Å². The SMILES string of the molecule is CC(C)(C)C1CCC(=O)CC1.CC(C)(C)OC(=O)N[C@@H](CCc1ccccc1)C(=O)O.CCN(C(C)C)C(C)C.COC(=O)c1ccc(CN)cc1.COC(=O)c1ccc(CN2C(=O)[C@H](CCc3ccccc3)NC23CCC(C(C)(C)C)CC3)cc1.COC(=O)c1ccc(CNC(=O)[C@@H](N)CCc2ccccc2)cc1.COC(=O)c1ccc(CNC(=O)[C@H](CCc2ccccc2)NC(=O)OC(C)(C)C)cc1.Cl. The van der Waals surface area contributed by atoms with Crippen molar-refractivity contribution in [2.24, 2.45) is 34.1 Å². The van der Waals surface area contributed by atoms with Crippen LogP contribution in [0.15, 0.2) is 218 Å². The number of alkyl carbamates (subject to hydrolysis) is 2. The molecule has 27 nitrogen and oxygen atoms in total. The van der Waals surface area contributed by atoms with E-state index in [0.717, 1.165) is 116 Å². The summed E-state index contributed by atoms with van der Waals surface area (Å²) in [5.74, 6) is -0.922. The van der Waals surface area contributed by atoms with Gasteiger partial charge in [-0.25, -0.2) is 33.6 Å². The van der Waals surface area contributed by atoms with E-state index < -0.39 is 53.5 Å². The first kappa shape index (κ1) is 122. The van der Waals surface area contributed by atoms with Gasteiger partial charge in [-0.1, -0.05) is 218 Å². The van der Waals surface area contributed by atoms with Gasteiger partial charge in [0.2, 0.25) is 17.7 Å². The molecule has 2 saturated carbocycles. The van der Waals surface area contributed by atoms with E-state index in [1.807, 2.05) is 121 Å². The highest BCUT2D eigenvalue weighted by Gasteiger charge is 2.52. The van der Waals surface area contributed by atoms with Crippen LogP contribution in [0.25, 0.3) is 0 Å². The zero-order valence-electron chi connectivity index (χ0n) is 87.6. The lowest BCUT2D eigenvalue weighted by molar-refractivity contribution is -0.139. The molecule has 2 aliphatic carbocycles. The summed E-state index contributed by atoms with van der Waals surface area (Å²) in [7, 11) is 5.41. The van der Waals surface area contributed by atoms with Gasteiger partial charge in [0.1, 0.15) is 29.1 Å². The summed E-state index contributed by atoms with van der Waals surface area (Å²) in [6.07, 6.45) is 11.7. The molecule has 5 amide bonds. The zero-order chi connectivity index (χ0) is 105. The standard InChI is InChI=1S/C29H38N2O3.C24H30N2O5.C19H22N2O3.C15H21NO4.C10H18O.C9H11NO2.C8H19N.ClH/c1-28(2,3)24-16-18-29(19-17-24)30-25(15-12-21-8-6-5-7-9-21)26(32)31(29)20-22-10-13-23(14-11-22)27(33)34-4;1-24(2,3)31-23(29)26-20(15-12-17-8-6-5-7-9-17)21(27)25-16-18-10-13-19(14-11-18)22(28)30-4;1-24-19(23)16-10-7-15(8-11-16)13-21-18(22)17(20)12-9-14-5-3-2-4-6-14;1-15(2,3)20-14(19)16-12(13(17)18)10-9-11-7-5-4-6-8-11;1-10(2,3)8-4-6-9(11)7-5-8;1-12-9(11)8-4-2-7(6-10)3-5-8;1-6-9(7(2)3)8(4)5;/h5-11,13-14,24-25,30H,12,15-20H2,1-4H3;5-11,13-14,20H,12,15-16H2,1-4H3,(H,25,27)(H,26,29);2-8,10-11,17H,9,12-13,20H2,1H3,(H,21,22);4-8,12H,9-10H2,1-3H3,(H,16,19)(H,17,18);8H,4-7H2,1-3H3;2-5H,6,10H2,1H3;7-8H,6H2,1-5H3;1H/t24?,25-,29?;20-;17-;12-;;;;/m0000..../s1. The van der Waals surface area contributed by atoms with Crippen LogP contribution in [0.5, 0.6) is 0 Å². The van der Waals surface area contributed by atoms with Crippen molar-refractivity contribution >= 4 is 77.9 Å². The van der Waals surface area contributed by atoms with Crippen molar-refractivity contribution in [3.8, 4) is 0 Å². The van der Waals surface area contributed by atoms with E-state index >= 15 is 0 Å². The van der Waals surface area contributed by atoms with Gasteiger partial charge in [0.15, 0.2) is 0 Å².